The third-order valence-electron chi connectivity index (χ3n) is 1.44. The predicted molar refractivity (Wildman–Crippen MR) is 64.3 cm³/mol. The van der Waals surface area contributed by atoms with E-state index < -0.39 is 12.7 Å². The van der Waals surface area contributed by atoms with Crippen LogP contribution >= 0.6 is 24.0 Å². The maximum Gasteiger partial charge on any atom is 0.401 e. The van der Waals surface area contributed by atoms with E-state index in [1.54, 1.807) is 0 Å². The van der Waals surface area contributed by atoms with Crippen molar-refractivity contribution in [3.05, 3.63) is 0 Å². The van der Waals surface area contributed by atoms with Crippen LogP contribution in [0.4, 0.5) is 13.2 Å². The average molecular weight is 340 g/mol. The Hall–Kier alpha value is -0.250. The Kier molecular flexibility index (Phi) is 9.11. The van der Waals surface area contributed by atoms with Crippen molar-refractivity contribution in [1.29, 1.82) is 0 Å². The van der Waals surface area contributed by atoms with Crippen molar-refractivity contribution >= 4 is 29.9 Å². The summed E-state index contributed by atoms with van der Waals surface area (Å²) in [4.78, 5) is 4.84. The summed E-state index contributed by atoms with van der Waals surface area (Å²) in [5.41, 5.74) is 10.1. The quantitative estimate of drug-likeness (QED) is 0.336. The van der Waals surface area contributed by atoms with Crippen LogP contribution in [0.1, 0.15) is 6.42 Å². The number of alkyl halides is 3. The summed E-state index contributed by atoms with van der Waals surface area (Å²) in [6.45, 7) is -0.240. The monoisotopic (exact) mass is 340 g/mol. The Morgan fingerprint density at radius 2 is 1.87 bits per heavy atom. The van der Waals surface area contributed by atoms with Crippen LogP contribution in [0.15, 0.2) is 4.99 Å². The van der Waals surface area contributed by atoms with E-state index in [-0.39, 0.29) is 29.9 Å². The number of halogens is 4. The molecule has 0 rings (SSSR count). The summed E-state index contributed by atoms with van der Waals surface area (Å²) < 4.78 is 35.5. The molecule has 0 aromatic heterocycles. The van der Waals surface area contributed by atoms with E-state index in [0.717, 1.165) is 0 Å². The molecule has 0 aromatic carbocycles. The fraction of sp³-hybridized carbons (Fsp3) is 0.857. The lowest BCUT2D eigenvalue weighted by molar-refractivity contribution is -0.143. The summed E-state index contributed by atoms with van der Waals surface area (Å²) in [5.74, 6) is -0.0384. The van der Waals surface area contributed by atoms with Gasteiger partial charge in [0.1, 0.15) is 0 Å². The number of hydrogen-bond acceptors (Lipinski definition) is 2. The summed E-state index contributed by atoms with van der Waals surface area (Å²) in [7, 11) is 1.41. The molecule has 0 saturated carbocycles. The molecule has 0 amide bonds. The van der Waals surface area contributed by atoms with E-state index in [9.17, 15) is 13.2 Å². The fourth-order valence-electron chi connectivity index (χ4n) is 0.934. The van der Waals surface area contributed by atoms with Crippen LogP contribution in [0.5, 0.6) is 0 Å². The first kappa shape index (κ1) is 17.2. The second-order valence-corrected chi connectivity index (χ2v) is 3.01. The van der Waals surface area contributed by atoms with Gasteiger partial charge in [-0.2, -0.15) is 13.2 Å². The van der Waals surface area contributed by atoms with Gasteiger partial charge in [0.2, 0.25) is 0 Å². The molecule has 0 bridgehead atoms. The first-order valence-electron chi connectivity index (χ1n) is 4.12. The van der Waals surface area contributed by atoms with Gasteiger partial charge in [-0.05, 0) is 20.0 Å². The van der Waals surface area contributed by atoms with Crippen LogP contribution in [0.3, 0.4) is 0 Å². The minimum Gasteiger partial charge on any atom is -0.370 e. The van der Waals surface area contributed by atoms with Crippen LogP contribution < -0.4 is 11.5 Å². The van der Waals surface area contributed by atoms with Crippen molar-refractivity contribution < 1.29 is 13.2 Å². The topological polar surface area (TPSA) is 67.6 Å². The van der Waals surface area contributed by atoms with Gasteiger partial charge in [0.05, 0.1) is 6.54 Å². The number of aliphatic imine (C=N–C) groups is 1. The highest BCUT2D eigenvalue weighted by Gasteiger charge is 2.28. The molecule has 92 valence electrons. The number of hydrogen-bond donors (Lipinski definition) is 2. The highest BCUT2D eigenvalue weighted by Crippen LogP contribution is 2.15. The number of nitrogens with two attached hydrogens (primary N) is 2. The van der Waals surface area contributed by atoms with Crippen molar-refractivity contribution in [3.8, 4) is 0 Å². The van der Waals surface area contributed by atoms with Crippen LogP contribution in [-0.4, -0.2) is 43.7 Å². The first-order chi connectivity index (χ1) is 6.31. The van der Waals surface area contributed by atoms with Gasteiger partial charge in [-0.1, -0.05) is 0 Å². The molecule has 0 heterocycles. The van der Waals surface area contributed by atoms with Crippen molar-refractivity contribution in [2.75, 3.05) is 26.7 Å². The van der Waals surface area contributed by atoms with E-state index in [2.05, 4.69) is 4.99 Å². The molecular weight excluding hydrogens is 324 g/mol. The summed E-state index contributed by atoms with van der Waals surface area (Å²) in [5, 5.41) is 0. The molecule has 0 fully saturated rings. The molecule has 0 aliphatic carbocycles. The lowest BCUT2D eigenvalue weighted by Crippen LogP contribution is -2.32. The largest absolute Gasteiger partial charge is 0.401 e. The number of nitrogens with zero attached hydrogens (tertiary/aromatic N) is 2. The molecular formula is C7H16F3IN4. The first-order valence-corrected chi connectivity index (χ1v) is 4.12. The second-order valence-electron chi connectivity index (χ2n) is 3.01. The second kappa shape index (κ2) is 7.97. The molecule has 0 unspecified atom stereocenters. The highest BCUT2D eigenvalue weighted by molar-refractivity contribution is 14.0. The van der Waals surface area contributed by atoms with Crippen molar-refractivity contribution in [2.45, 2.75) is 12.6 Å². The SMILES string of the molecule is CN(CCCN=C(N)N)CC(F)(F)F.I. The van der Waals surface area contributed by atoms with Crippen LogP contribution in [0, 0.1) is 0 Å². The maximum absolute atomic E-state index is 11.8. The molecule has 4 N–H and O–H groups in total. The summed E-state index contributed by atoms with van der Waals surface area (Å²) in [6, 6.07) is 0. The van der Waals surface area contributed by atoms with Crippen LogP contribution in [0.25, 0.3) is 0 Å². The van der Waals surface area contributed by atoms with Crippen LogP contribution in [0.2, 0.25) is 0 Å². The third-order valence-corrected chi connectivity index (χ3v) is 1.44. The molecule has 0 aliphatic heterocycles. The van der Waals surface area contributed by atoms with E-state index in [0.29, 0.717) is 19.5 Å². The van der Waals surface area contributed by atoms with Gasteiger partial charge in [-0.25, -0.2) is 0 Å². The molecule has 8 heteroatoms. The predicted octanol–water partition coefficient (Wildman–Crippen LogP) is 0.762. The zero-order valence-electron chi connectivity index (χ0n) is 8.42. The molecule has 0 spiro atoms. The lowest BCUT2D eigenvalue weighted by atomic mass is 10.4. The zero-order chi connectivity index (χ0) is 11.2. The standard InChI is InChI=1S/C7H15F3N4.HI/c1-14(5-7(8,9)10)4-2-3-13-6(11)12;/h2-5H2,1H3,(H4,11,12,13);1H. The average Bonchev–Trinajstić information content (AvgIpc) is 1.94. The van der Waals surface area contributed by atoms with Gasteiger partial charge in [-0.3, -0.25) is 9.89 Å². The molecule has 0 atom stereocenters. The van der Waals surface area contributed by atoms with E-state index in [1.807, 2.05) is 0 Å². The third kappa shape index (κ3) is 13.8. The van der Waals surface area contributed by atoms with Gasteiger partial charge < -0.3 is 11.5 Å². The summed E-state index contributed by atoms with van der Waals surface area (Å²) in [6.07, 6.45) is -3.64. The summed E-state index contributed by atoms with van der Waals surface area (Å²) >= 11 is 0. The smallest absolute Gasteiger partial charge is 0.370 e. The van der Waals surface area contributed by atoms with E-state index in [4.69, 9.17) is 11.5 Å². The molecule has 0 saturated heterocycles. The van der Waals surface area contributed by atoms with E-state index >= 15 is 0 Å². The Bertz CT molecular complexity index is 191. The lowest BCUT2D eigenvalue weighted by Gasteiger charge is -2.17. The Morgan fingerprint density at radius 3 is 2.27 bits per heavy atom. The normalized spacial score (nSPS) is 11.0. The minimum atomic E-state index is -4.15. The Balaban J connectivity index is 0. The Labute approximate surface area is 104 Å². The van der Waals surface area contributed by atoms with Gasteiger partial charge in [0.25, 0.3) is 0 Å². The van der Waals surface area contributed by atoms with Gasteiger partial charge in [0.15, 0.2) is 5.96 Å². The van der Waals surface area contributed by atoms with Crippen molar-refractivity contribution in [2.24, 2.45) is 16.5 Å². The van der Waals surface area contributed by atoms with Gasteiger partial charge in [0, 0.05) is 6.54 Å². The Morgan fingerprint density at radius 1 is 1.33 bits per heavy atom. The molecule has 0 aliphatic rings. The molecule has 0 radical (unpaired) electrons. The fourth-order valence-corrected chi connectivity index (χ4v) is 0.934. The van der Waals surface area contributed by atoms with Gasteiger partial charge >= 0.3 is 6.18 Å². The number of guanidine groups is 1. The molecule has 4 nitrogen and oxygen atoms in total. The maximum atomic E-state index is 11.8. The molecule has 0 aromatic rings. The van der Waals surface area contributed by atoms with E-state index in [1.165, 1.54) is 11.9 Å². The number of rotatable bonds is 5. The van der Waals surface area contributed by atoms with Gasteiger partial charge in [-0.15, -0.1) is 24.0 Å². The van der Waals surface area contributed by atoms with Crippen molar-refractivity contribution in [1.82, 2.24) is 4.90 Å². The van der Waals surface area contributed by atoms with Crippen molar-refractivity contribution in [3.63, 3.8) is 0 Å². The molecule has 15 heavy (non-hydrogen) atoms. The van der Waals surface area contributed by atoms with Crippen LogP contribution in [-0.2, 0) is 0 Å². The minimum absolute atomic E-state index is 0. The highest BCUT2D eigenvalue weighted by atomic mass is 127. The zero-order valence-corrected chi connectivity index (χ0v) is 10.8.